The minimum atomic E-state index is -0.780. The number of ether oxygens (including phenoxy) is 1. The van der Waals surface area contributed by atoms with E-state index in [2.05, 4.69) is 5.32 Å². The number of carbonyl (C=O) groups excluding carboxylic acids is 3. The Kier molecular flexibility index (Phi) is 4.84. The molecule has 2 atom stereocenters. The van der Waals surface area contributed by atoms with Crippen molar-refractivity contribution in [2.24, 2.45) is 17.8 Å². The summed E-state index contributed by atoms with van der Waals surface area (Å²) in [5.74, 6) is -1.80. The van der Waals surface area contributed by atoms with Gasteiger partial charge in [-0.05, 0) is 11.8 Å². The average Bonchev–Trinajstić information content (AvgIpc) is 2.23. The molecule has 1 saturated heterocycles. The molecule has 0 radical (unpaired) electrons. The first-order valence-electron chi connectivity index (χ1n) is 6.03. The van der Waals surface area contributed by atoms with Gasteiger partial charge < -0.3 is 4.74 Å². The minimum Gasteiger partial charge on any atom is -0.384 e. The fourth-order valence-corrected chi connectivity index (χ4v) is 2.04. The Morgan fingerprint density at radius 3 is 2.39 bits per heavy atom. The van der Waals surface area contributed by atoms with Crippen LogP contribution in [0.3, 0.4) is 0 Å². The van der Waals surface area contributed by atoms with Crippen LogP contribution in [0, 0.1) is 17.8 Å². The molecular weight excluding hydrogens is 236 g/mol. The Morgan fingerprint density at radius 2 is 1.89 bits per heavy atom. The minimum absolute atomic E-state index is 0.0331. The van der Waals surface area contributed by atoms with Gasteiger partial charge in [0, 0.05) is 13.7 Å². The third-order valence-corrected chi connectivity index (χ3v) is 2.90. The first-order valence-corrected chi connectivity index (χ1v) is 6.03. The van der Waals surface area contributed by atoms with Crippen LogP contribution in [0.15, 0.2) is 0 Å². The van der Waals surface area contributed by atoms with E-state index in [1.165, 1.54) is 0 Å². The summed E-state index contributed by atoms with van der Waals surface area (Å²) >= 11 is 0. The van der Waals surface area contributed by atoms with Crippen LogP contribution in [-0.4, -0.2) is 43.0 Å². The quantitative estimate of drug-likeness (QED) is 0.732. The fourth-order valence-electron chi connectivity index (χ4n) is 2.04. The van der Waals surface area contributed by atoms with Gasteiger partial charge in [0.2, 0.25) is 11.8 Å². The molecule has 18 heavy (non-hydrogen) atoms. The highest BCUT2D eigenvalue weighted by atomic mass is 16.5. The monoisotopic (exact) mass is 256 g/mol. The van der Waals surface area contributed by atoms with E-state index in [1.54, 1.807) is 21.0 Å². The molecule has 0 aromatic rings. The molecule has 0 aromatic heterocycles. The van der Waals surface area contributed by atoms with E-state index in [9.17, 15) is 14.4 Å². The van der Waals surface area contributed by atoms with E-state index in [1.807, 2.05) is 6.92 Å². The number of barbiturate groups is 1. The maximum Gasteiger partial charge on any atom is 0.330 e. The summed E-state index contributed by atoms with van der Waals surface area (Å²) in [6.07, 6.45) is 0. The van der Waals surface area contributed by atoms with Gasteiger partial charge >= 0.3 is 6.03 Å². The highest BCUT2D eigenvalue weighted by Gasteiger charge is 2.42. The van der Waals surface area contributed by atoms with Crippen LogP contribution in [0.5, 0.6) is 0 Å². The molecule has 4 amide bonds. The summed E-state index contributed by atoms with van der Waals surface area (Å²) in [5.41, 5.74) is 0. The number of methoxy groups -OCH3 is 1. The van der Waals surface area contributed by atoms with Crippen LogP contribution < -0.4 is 5.32 Å². The van der Waals surface area contributed by atoms with Crippen LogP contribution >= 0.6 is 0 Å². The zero-order valence-corrected chi connectivity index (χ0v) is 11.2. The molecular formula is C12H20N2O4. The number of rotatable bonds is 5. The van der Waals surface area contributed by atoms with Crippen molar-refractivity contribution in [3.05, 3.63) is 0 Å². The average molecular weight is 256 g/mol. The Bertz CT molecular complexity index is 354. The number of nitrogens with one attached hydrogen (secondary N) is 1. The van der Waals surface area contributed by atoms with Gasteiger partial charge in [-0.15, -0.1) is 0 Å². The molecule has 0 aliphatic carbocycles. The number of nitrogens with zero attached hydrogens (tertiary/aromatic N) is 1. The first kappa shape index (κ1) is 14.6. The molecule has 0 saturated carbocycles. The van der Waals surface area contributed by atoms with Crippen molar-refractivity contribution in [1.82, 2.24) is 10.2 Å². The molecule has 2 unspecified atom stereocenters. The molecule has 0 aromatic carbocycles. The second kappa shape index (κ2) is 5.95. The van der Waals surface area contributed by atoms with Gasteiger partial charge in [0.25, 0.3) is 0 Å². The first-order chi connectivity index (χ1) is 8.38. The van der Waals surface area contributed by atoms with E-state index in [0.29, 0.717) is 6.61 Å². The third-order valence-electron chi connectivity index (χ3n) is 2.90. The Morgan fingerprint density at radius 1 is 1.28 bits per heavy atom. The standard InChI is InChI=1S/C12H20N2O4/c1-7(2)9-10(15)13-12(17)14(11(9)16)5-8(3)6-18-4/h7-9H,5-6H2,1-4H3,(H,13,15,17). The van der Waals surface area contributed by atoms with Gasteiger partial charge in [-0.25, -0.2) is 4.79 Å². The molecule has 6 nitrogen and oxygen atoms in total. The SMILES string of the molecule is COCC(C)CN1C(=O)NC(=O)C(C(C)C)C1=O. The highest BCUT2D eigenvalue weighted by Crippen LogP contribution is 2.19. The van der Waals surface area contributed by atoms with Gasteiger partial charge in [-0.1, -0.05) is 20.8 Å². The van der Waals surface area contributed by atoms with E-state index in [0.717, 1.165) is 4.90 Å². The van der Waals surface area contributed by atoms with Crippen molar-refractivity contribution in [2.45, 2.75) is 20.8 Å². The molecule has 1 N–H and O–H groups in total. The lowest BCUT2D eigenvalue weighted by atomic mass is 9.91. The van der Waals surface area contributed by atoms with E-state index in [4.69, 9.17) is 4.74 Å². The van der Waals surface area contributed by atoms with Crippen molar-refractivity contribution in [3.8, 4) is 0 Å². The van der Waals surface area contributed by atoms with Crippen LogP contribution in [0.25, 0.3) is 0 Å². The molecule has 6 heteroatoms. The number of hydrogen-bond donors (Lipinski definition) is 1. The number of urea groups is 1. The van der Waals surface area contributed by atoms with Crippen molar-refractivity contribution >= 4 is 17.8 Å². The lowest BCUT2D eigenvalue weighted by Crippen LogP contribution is -2.60. The summed E-state index contributed by atoms with van der Waals surface area (Å²) < 4.78 is 4.97. The van der Waals surface area contributed by atoms with Gasteiger partial charge in [0.1, 0.15) is 5.92 Å². The van der Waals surface area contributed by atoms with Crippen molar-refractivity contribution in [1.29, 1.82) is 0 Å². The van der Waals surface area contributed by atoms with E-state index in [-0.39, 0.29) is 18.4 Å². The number of amides is 4. The molecule has 0 bridgehead atoms. The molecule has 1 aliphatic rings. The van der Waals surface area contributed by atoms with Crippen molar-refractivity contribution in [3.63, 3.8) is 0 Å². The molecule has 1 rings (SSSR count). The second-order valence-electron chi connectivity index (χ2n) is 5.03. The maximum atomic E-state index is 12.1. The predicted octanol–water partition coefficient (Wildman–Crippen LogP) is 0.619. The molecule has 1 heterocycles. The Hall–Kier alpha value is -1.43. The van der Waals surface area contributed by atoms with Gasteiger partial charge in [0.15, 0.2) is 0 Å². The fraction of sp³-hybridized carbons (Fsp3) is 0.750. The topological polar surface area (TPSA) is 75.7 Å². The normalized spacial score (nSPS) is 22.4. The summed E-state index contributed by atoms with van der Waals surface area (Å²) in [7, 11) is 1.56. The summed E-state index contributed by atoms with van der Waals surface area (Å²) in [6, 6.07) is -0.634. The summed E-state index contributed by atoms with van der Waals surface area (Å²) in [6.45, 7) is 6.17. The molecule has 0 spiro atoms. The zero-order valence-electron chi connectivity index (χ0n) is 11.2. The third kappa shape index (κ3) is 3.07. The van der Waals surface area contributed by atoms with Crippen LogP contribution in [-0.2, 0) is 14.3 Å². The van der Waals surface area contributed by atoms with Gasteiger partial charge in [-0.2, -0.15) is 0 Å². The van der Waals surface area contributed by atoms with Crippen molar-refractivity contribution in [2.75, 3.05) is 20.3 Å². The predicted molar refractivity (Wildman–Crippen MR) is 64.6 cm³/mol. The lowest BCUT2D eigenvalue weighted by molar-refractivity contribution is -0.145. The van der Waals surface area contributed by atoms with Crippen LogP contribution in [0.4, 0.5) is 4.79 Å². The van der Waals surface area contributed by atoms with Crippen LogP contribution in [0.2, 0.25) is 0 Å². The smallest absolute Gasteiger partial charge is 0.330 e. The largest absolute Gasteiger partial charge is 0.384 e. The van der Waals surface area contributed by atoms with Crippen molar-refractivity contribution < 1.29 is 19.1 Å². The highest BCUT2D eigenvalue weighted by molar-refractivity contribution is 6.16. The summed E-state index contributed by atoms with van der Waals surface area (Å²) in [5, 5.41) is 2.23. The summed E-state index contributed by atoms with van der Waals surface area (Å²) in [4.78, 5) is 36.5. The van der Waals surface area contributed by atoms with Gasteiger partial charge in [0.05, 0.1) is 6.61 Å². The van der Waals surface area contributed by atoms with E-state index >= 15 is 0 Å². The maximum absolute atomic E-state index is 12.1. The molecule has 1 fully saturated rings. The zero-order chi connectivity index (χ0) is 13.9. The number of imide groups is 2. The Balaban J connectivity index is 2.80. The van der Waals surface area contributed by atoms with E-state index < -0.39 is 23.8 Å². The number of hydrogen-bond acceptors (Lipinski definition) is 4. The second-order valence-corrected chi connectivity index (χ2v) is 5.03. The van der Waals surface area contributed by atoms with Crippen LogP contribution in [0.1, 0.15) is 20.8 Å². The molecule has 1 aliphatic heterocycles. The molecule has 102 valence electrons. The Labute approximate surface area is 107 Å². The number of carbonyl (C=O) groups is 3. The lowest BCUT2D eigenvalue weighted by Gasteiger charge is -2.33. The van der Waals surface area contributed by atoms with Gasteiger partial charge in [-0.3, -0.25) is 19.8 Å².